The number of piperazine rings is 3. The first kappa shape index (κ1) is 19.8. The third-order valence-corrected chi connectivity index (χ3v) is 6.01. The number of benzene rings is 1. The molecule has 1 saturated carbocycles. The smallest absolute Gasteiger partial charge is 0.191 e. The van der Waals surface area contributed by atoms with Gasteiger partial charge < -0.3 is 10.6 Å². The third kappa shape index (κ3) is 4.31. The topological polar surface area (TPSA) is 42.9 Å². The third-order valence-electron chi connectivity index (χ3n) is 6.01. The van der Waals surface area contributed by atoms with Crippen molar-refractivity contribution in [2.24, 2.45) is 4.99 Å². The molecule has 4 fully saturated rings. The number of rotatable bonds is 5. The largest absolute Gasteiger partial charge is 0.356 e. The molecular formula is C19H29FIN5. The molecule has 0 radical (unpaired) electrons. The van der Waals surface area contributed by atoms with Crippen molar-refractivity contribution < 1.29 is 4.39 Å². The lowest BCUT2D eigenvalue weighted by atomic mass is 9.96. The van der Waals surface area contributed by atoms with E-state index in [4.69, 9.17) is 0 Å². The van der Waals surface area contributed by atoms with Crippen LogP contribution in [0.4, 0.5) is 4.39 Å². The van der Waals surface area contributed by atoms with Crippen molar-refractivity contribution in [1.82, 2.24) is 20.4 Å². The van der Waals surface area contributed by atoms with Gasteiger partial charge in [0, 0.05) is 64.3 Å². The summed E-state index contributed by atoms with van der Waals surface area (Å²) in [6, 6.07) is 7.59. The van der Waals surface area contributed by atoms with Crippen LogP contribution in [0, 0.1) is 5.82 Å². The Morgan fingerprint density at radius 3 is 2.58 bits per heavy atom. The molecule has 4 aliphatic rings. The van der Waals surface area contributed by atoms with Gasteiger partial charge >= 0.3 is 0 Å². The Hall–Kier alpha value is -0.930. The van der Waals surface area contributed by atoms with Crippen molar-refractivity contribution in [2.45, 2.75) is 24.3 Å². The van der Waals surface area contributed by atoms with Gasteiger partial charge in [-0.15, -0.1) is 24.0 Å². The van der Waals surface area contributed by atoms with E-state index in [1.165, 1.54) is 32.2 Å². The van der Waals surface area contributed by atoms with E-state index >= 15 is 0 Å². The van der Waals surface area contributed by atoms with Crippen LogP contribution >= 0.6 is 24.0 Å². The minimum absolute atomic E-state index is 0. The quantitative estimate of drug-likeness (QED) is 0.388. The summed E-state index contributed by atoms with van der Waals surface area (Å²) in [4.78, 5) is 9.49. The van der Waals surface area contributed by atoms with E-state index in [9.17, 15) is 4.39 Å². The fraction of sp³-hybridized carbons (Fsp3) is 0.632. The Labute approximate surface area is 172 Å². The standard InChI is InChI=1S/C19H28FN5.HI/c1-21-18(22-12-17-13-24-7-9-25(17)10-8-24)23-14-19(5-6-19)15-3-2-4-16(20)11-15;/h2-4,11,17H,5-10,12-14H2,1H3,(H2,21,22,23);1H. The van der Waals surface area contributed by atoms with Crippen LogP contribution in [-0.4, -0.2) is 74.7 Å². The van der Waals surface area contributed by atoms with Gasteiger partial charge in [-0.2, -0.15) is 0 Å². The Morgan fingerprint density at radius 2 is 2.00 bits per heavy atom. The van der Waals surface area contributed by atoms with Gasteiger partial charge in [-0.3, -0.25) is 14.8 Å². The fourth-order valence-corrected chi connectivity index (χ4v) is 4.14. The number of halogens is 2. The second kappa shape index (κ2) is 8.39. The number of nitrogens with zero attached hydrogens (tertiary/aromatic N) is 3. The molecule has 1 aromatic rings. The molecule has 5 nitrogen and oxygen atoms in total. The van der Waals surface area contributed by atoms with Crippen LogP contribution in [0.2, 0.25) is 0 Å². The lowest BCUT2D eigenvalue weighted by molar-refractivity contribution is 0.0154. The van der Waals surface area contributed by atoms with Gasteiger partial charge in [-0.25, -0.2) is 4.39 Å². The lowest BCUT2D eigenvalue weighted by Crippen LogP contribution is -2.64. The normalized spacial score (nSPS) is 29.0. The molecule has 3 aliphatic heterocycles. The van der Waals surface area contributed by atoms with E-state index in [1.54, 1.807) is 12.1 Å². The molecule has 0 amide bonds. The Morgan fingerprint density at radius 1 is 1.23 bits per heavy atom. The van der Waals surface area contributed by atoms with E-state index in [0.29, 0.717) is 6.04 Å². The molecule has 5 rings (SSSR count). The summed E-state index contributed by atoms with van der Waals surface area (Å²) in [6.07, 6.45) is 2.21. The summed E-state index contributed by atoms with van der Waals surface area (Å²) in [5.74, 6) is 0.697. The molecule has 26 heavy (non-hydrogen) atoms. The average Bonchev–Trinajstić information content (AvgIpc) is 3.44. The minimum atomic E-state index is -0.150. The molecule has 0 aromatic heterocycles. The lowest BCUT2D eigenvalue weighted by Gasteiger charge is -2.47. The highest BCUT2D eigenvalue weighted by atomic mass is 127. The molecule has 2 bridgehead atoms. The summed E-state index contributed by atoms with van der Waals surface area (Å²) >= 11 is 0. The highest BCUT2D eigenvalue weighted by molar-refractivity contribution is 14.0. The first-order valence-electron chi connectivity index (χ1n) is 9.35. The number of nitrogens with one attached hydrogen (secondary N) is 2. The summed E-state index contributed by atoms with van der Waals surface area (Å²) in [6.45, 7) is 7.65. The Kier molecular flexibility index (Phi) is 6.40. The Bertz CT molecular complexity index is 641. The molecule has 3 heterocycles. The van der Waals surface area contributed by atoms with Crippen molar-refractivity contribution >= 4 is 29.9 Å². The van der Waals surface area contributed by atoms with Gasteiger partial charge in [0.15, 0.2) is 5.96 Å². The van der Waals surface area contributed by atoms with E-state index in [0.717, 1.165) is 44.0 Å². The van der Waals surface area contributed by atoms with Gasteiger partial charge in [0.1, 0.15) is 5.82 Å². The SMILES string of the molecule is CN=C(NCC1CN2CCN1CC2)NCC1(c2cccc(F)c2)CC1.I. The second-order valence-corrected chi connectivity index (χ2v) is 7.59. The van der Waals surface area contributed by atoms with Crippen molar-refractivity contribution in [1.29, 1.82) is 0 Å². The highest BCUT2D eigenvalue weighted by Gasteiger charge is 2.44. The average molecular weight is 473 g/mol. The second-order valence-electron chi connectivity index (χ2n) is 7.59. The zero-order valence-corrected chi connectivity index (χ0v) is 17.7. The van der Waals surface area contributed by atoms with Gasteiger partial charge in [0.05, 0.1) is 0 Å². The minimum Gasteiger partial charge on any atom is -0.356 e. The molecule has 1 atom stereocenters. The molecule has 1 aromatic carbocycles. The van der Waals surface area contributed by atoms with Crippen LogP contribution in [0.5, 0.6) is 0 Å². The molecule has 1 unspecified atom stereocenters. The van der Waals surface area contributed by atoms with Crippen LogP contribution in [-0.2, 0) is 5.41 Å². The van der Waals surface area contributed by atoms with E-state index in [-0.39, 0.29) is 35.2 Å². The van der Waals surface area contributed by atoms with Gasteiger partial charge in [-0.1, -0.05) is 12.1 Å². The van der Waals surface area contributed by atoms with Gasteiger partial charge in [0.25, 0.3) is 0 Å². The van der Waals surface area contributed by atoms with E-state index < -0.39 is 0 Å². The molecule has 7 heteroatoms. The van der Waals surface area contributed by atoms with Gasteiger partial charge in [0.2, 0.25) is 0 Å². The maximum atomic E-state index is 13.5. The van der Waals surface area contributed by atoms with Crippen molar-refractivity contribution in [3.63, 3.8) is 0 Å². The predicted molar refractivity (Wildman–Crippen MR) is 114 cm³/mol. The first-order valence-corrected chi connectivity index (χ1v) is 9.35. The van der Waals surface area contributed by atoms with Crippen LogP contribution in [0.1, 0.15) is 18.4 Å². The predicted octanol–water partition coefficient (Wildman–Crippen LogP) is 1.64. The molecule has 144 valence electrons. The number of hydrogen-bond donors (Lipinski definition) is 2. The van der Waals surface area contributed by atoms with Crippen LogP contribution in [0.25, 0.3) is 0 Å². The molecule has 2 N–H and O–H groups in total. The van der Waals surface area contributed by atoms with Crippen molar-refractivity contribution in [3.8, 4) is 0 Å². The summed E-state index contributed by atoms with van der Waals surface area (Å²) in [5, 5.41) is 6.94. The number of hydrogen-bond acceptors (Lipinski definition) is 3. The van der Waals surface area contributed by atoms with Gasteiger partial charge in [-0.05, 0) is 30.5 Å². The summed E-state index contributed by atoms with van der Waals surface area (Å²) < 4.78 is 13.5. The van der Waals surface area contributed by atoms with Crippen LogP contribution < -0.4 is 10.6 Å². The zero-order valence-electron chi connectivity index (χ0n) is 15.4. The van der Waals surface area contributed by atoms with Crippen molar-refractivity contribution in [3.05, 3.63) is 35.6 Å². The van der Waals surface area contributed by atoms with Crippen LogP contribution in [0.3, 0.4) is 0 Å². The number of aliphatic imine (C=N–C) groups is 1. The zero-order chi connectivity index (χ0) is 17.3. The highest BCUT2D eigenvalue weighted by Crippen LogP contribution is 2.47. The van der Waals surface area contributed by atoms with E-state index in [1.807, 2.05) is 13.1 Å². The summed E-state index contributed by atoms with van der Waals surface area (Å²) in [7, 11) is 1.81. The first-order chi connectivity index (χ1) is 12.2. The number of guanidine groups is 1. The monoisotopic (exact) mass is 473 g/mol. The molecule has 3 saturated heterocycles. The molecule has 0 spiro atoms. The maximum Gasteiger partial charge on any atom is 0.191 e. The fourth-order valence-electron chi connectivity index (χ4n) is 4.14. The Balaban J connectivity index is 0.00000196. The van der Waals surface area contributed by atoms with Crippen LogP contribution in [0.15, 0.2) is 29.3 Å². The maximum absolute atomic E-state index is 13.5. The van der Waals surface area contributed by atoms with E-state index in [2.05, 4.69) is 25.4 Å². The number of fused-ring (bicyclic) bond motifs is 3. The summed E-state index contributed by atoms with van der Waals surface area (Å²) in [5.41, 5.74) is 1.16. The molecule has 1 aliphatic carbocycles. The van der Waals surface area contributed by atoms with Crippen molar-refractivity contribution in [2.75, 3.05) is 52.9 Å². The molecular weight excluding hydrogens is 444 g/mol.